The smallest absolute Gasteiger partial charge is 0.143 e. The Morgan fingerprint density at radius 1 is 0.615 bits per heavy atom. The van der Waals surface area contributed by atoms with E-state index in [0.717, 1.165) is 0 Å². The standard InChI is InChI=1S/C21H18F3NO/c22-18-7-1-15(2-8-18)21(26-14-13-25,16-3-9-19(23)10-4-16)17-5-11-20(24)12-6-17/h1-12H,13-14,25H2. The van der Waals surface area contributed by atoms with Gasteiger partial charge in [-0.2, -0.15) is 0 Å². The van der Waals surface area contributed by atoms with Crippen LogP contribution in [-0.4, -0.2) is 13.2 Å². The van der Waals surface area contributed by atoms with Gasteiger partial charge in [-0.3, -0.25) is 0 Å². The van der Waals surface area contributed by atoms with Gasteiger partial charge >= 0.3 is 0 Å². The lowest BCUT2D eigenvalue weighted by molar-refractivity contribution is 0.0178. The molecule has 0 fully saturated rings. The number of rotatable bonds is 6. The minimum atomic E-state index is -1.17. The summed E-state index contributed by atoms with van der Waals surface area (Å²) in [5.74, 6) is -1.17. The predicted molar refractivity (Wildman–Crippen MR) is 94.1 cm³/mol. The van der Waals surface area contributed by atoms with Crippen molar-refractivity contribution in [2.75, 3.05) is 13.2 Å². The topological polar surface area (TPSA) is 35.2 Å². The molecule has 0 aliphatic heterocycles. The van der Waals surface area contributed by atoms with Crippen LogP contribution in [0.25, 0.3) is 0 Å². The van der Waals surface area contributed by atoms with Crippen LogP contribution in [0.2, 0.25) is 0 Å². The van der Waals surface area contributed by atoms with Crippen LogP contribution in [0, 0.1) is 17.5 Å². The molecule has 0 bridgehead atoms. The third-order valence-electron chi connectivity index (χ3n) is 4.19. The van der Waals surface area contributed by atoms with Crippen molar-refractivity contribution in [2.45, 2.75) is 5.60 Å². The highest BCUT2D eigenvalue weighted by molar-refractivity contribution is 5.47. The molecule has 0 aliphatic carbocycles. The first-order valence-corrected chi connectivity index (χ1v) is 8.18. The molecule has 0 atom stereocenters. The maximum Gasteiger partial charge on any atom is 0.143 e. The largest absolute Gasteiger partial charge is 0.360 e. The Balaban J connectivity index is 2.27. The average molecular weight is 357 g/mol. The Hall–Kier alpha value is -2.63. The Morgan fingerprint density at radius 2 is 0.923 bits per heavy atom. The van der Waals surface area contributed by atoms with Gasteiger partial charge < -0.3 is 10.5 Å². The van der Waals surface area contributed by atoms with E-state index in [1.807, 2.05) is 0 Å². The molecule has 0 amide bonds. The van der Waals surface area contributed by atoms with Crippen molar-refractivity contribution in [1.29, 1.82) is 0 Å². The second kappa shape index (κ2) is 7.72. The van der Waals surface area contributed by atoms with E-state index in [1.54, 1.807) is 36.4 Å². The molecule has 2 nitrogen and oxygen atoms in total. The molecule has 0 aromatic heterocycles. The maximum absolute atomic E-state index is 13.5. The monoisotopic (exact) mass is 357 g/mol. The molecule has 3 aromatic carbocycles. The van der Waals surface area contributed by atoms with Crippen LogP contribution >= 0.6 is 0 Å². The molecule has 5 heteroatoms. The second-order valence-corrected chi connectivity index (χ2v) is 5.84. The highest BCUT2D eigenvalue weighted by Crippen LogP contribution is 2.40. The number of hydrogen-bond donors (Lipinski definition) is 1. The molecule has 0 unspecified atom stereocenters. The van der Waals surface area contributed by atoms with Gasteiger partial charge in [-0.05, 0) is 53.1 Å². The average Bonchev–Trinajstić information content (AvgIpc) is 2.66. The summed E-state index contributed by atoms with van der Waals surface area (Å²) >= 11 is 0. The molecule has 2 N–H and O–H groups in total. The number of halogens is 3. The Labute approximate surface area is 150 Å². The SMILES string of the molecule is NCCOC(c1ccc(F)cc1)(c1ccc(F)cc1)c1ccc(F)cc1. The van der Waals surface area contributed by atoms with Crippen LogP contribution in [-0.2, 0) is 10.3 Å². The summed E-state index contributed by atoms with van der Waals surface area (Å²) in [6.45, 7) is 0.456. The van der Waals surface area contributed by atoms with Gasteiger partial charge in [0.15, 0.2) is 0 Å². The molecule has 0 radical (unpaired) electrons. The van der Waals surface area contributed by atoms with E-state index in [-0.39, 0.29) is 30.6 Å². The molecule has 0 saturated carbocycles. The van der Waals surface area contributed by atoms with E-state index in [9.17, 15) is 13.2 Å². The first kappa shape index (κ1) is 18.2. The van der Waals surface area contributed by atoms with Crippen LogP contribution in [0.1, 0.15) is 16.7 Å². The first-order valence-electron chi connectivity index (χ1n) is 8.18. The zero-order valence-corrected chi connectivity index (χ0v) is 14.0. The number of hydrogen-bond acceptors (Lipinski definition) is 2. The maximum atomic E-state index is 13.5. The molecule has 0 spiro atoms. The number of benzene rings is 3. The highest BCUT2D eigenvalue weighted by Gasteiger charge is 2.37. The summed E-state index contributed by atoms with van der Waals surface area (Å²) in [6, 6.07) is 17.5. The lowest BCUT2D eigenvalue weighted by atomic mass is 9.80. The fourth-order valence-corrected chi connectivity index (χ4v) is 3.02. The van der Waals surface area contributed by atoms with E-state index in [1.165, 1.54) is 36.4 Å². The van der Waals surface area contributed by atoms with Gasteiger partial charge in [0.2, 0.25) is 0 Å². The predicted octanol–water partition coefficient (Wildman–Crippen LogP) is 4.37. The van der Waals surface area contributed by atoms with Crippen LogP contribution in [0.15, 0.2) is 72.8 Å². The first-order chi connectivity index (χ1) is 12.6. The normalized spacial score (nSPS) is 11.5. The minimum absolute atomic E-state index is 0.201. The molecule has 26 heavy (non-hydrogen) atoms. The van der Waals surface area contributed by atoms with Gasteiger partial charge in [-0.25, -0.2) is 13.2 Å². The number of ether oxygens (including phenoxy) is 1. The van der Waals surface area contributed by atoms with Gasteiger partial charge in [0.25, 0.3) is 0 Å². The fourth-order valence-electron chi connectivity index (χ4n) is 3.02. The summed E-state index contributed by atoms with van der Waals surface area (Å²) in [7, 11) is 0. The van der Waals surface area contributed by atoms with Crippen LogP contribution in [0.3, 0.4) is 0 Å². The van der Waals surface area contributed by atoms with E-state index >= 15 is 0 Å². The van der Waals surface area contributed by atoms with Gasteiger partial charge in [-0.1, -0.05) is 36.4 Å². The molecule has 3 aromatic rings. The lowest BCUT2D eigenvalue weighted by Gasteiger charge is -2.36. The van der Waals surface area contributed by atoms with Crippen LogP contribution < -0.4 is 5.73 Å². The lowest BCUT2D eigenvalue weighted by Crippen LogP contribution is -2.34. The van der Waals surface area contributed by atoms with Crippen molar-refractivity contribution in [3.8, 4) is 0 Å². The molecule has 3 rings (SSSR count). The summed E-state index contributed by atoms with van der Waals surface area (Å²) in [6.07, 6.45) is 0. The molecule has 134 valence electrons. The second-order valence-electron chi connectivity index (χ2n) is 5.84. The molecule has 0 heterocycles. The fraction of sp³-hybridized carbons (Fsp3) is 0.143. The van der Waals surface area contributed by atoms with E-state index in [2.05, 4.69) is 0 Å². The van der Waals surface area contributed by atoms with Gasteiger partial charge in [0, 0.05) is 6.54 Å². The van der Waals surface area contributed by atoms with Crippen molar-refractivity contribution >= 4 is 0 Å². The molecular formula is C21H18F3NO. The zero-order chi connectivity index (χ0) is 18.6. The van der Waals surface area contributed by atoms with Crippen molar-refractivity contribution in [1.82, 2.24) is 0 Å². The Kier molecular flexibility index (Phi) is 5.40. The number of nitrogens with two attached hydrogens (primary N) is 1. The van der Waals surface area contributed by atoms with Gasteiger partial charge in [0.1, 0.15) is 23.1 Å². The molecular weight excluding hydrogens is 339 g/mol. The van der Waals surface area contributed by atoms with E-state index in [0.29, 0.717) is 16.7 Å². The van der Waals surface area contributed by atoms with Gasteiger partial charge in [-0.15, -0.1) is 0 Å². The van der Waals surface area contributed by atoms with E-state index < -0.39 is 5.60 Å². The third kappa shape index (κ3) is 3.49. The Morgan fingerprint density at radius 3 is 1.19 bits per heavy atom. The van der Waals surface area contributed by atoms with Crippen LogP contribution in [0.4, 0.5) is 13.2 Å². The van der Waals surface area contributed by atoms with Crippen molar-refractivity contribution in [2.24, 2.45) is 5.73 Å². The zero-order valence-electron chi connectivity index (χ0n) is 14.0. The van der Waals surface area contributed by atoms with Crippen molar-refractivity contribution in [3.63, 3.8) is 0 Å². The van der Waals surface area contributed by atoms with Gasteiger partial charge in [0.05, 0.1) is 6.61 Å². The third-order valence-corrected chi connectivity index (χ3v) is 4.19. The molecule has 0 aliphatic rings. The quantitative estimate of drug-likeness (QED) is 0.665. The van der Waals surface area contributed by atoms with Crippen molar-refractivity contribution < 1.29 is 17.9 Å². The summed E-state index contributed by atoms with van der Waals surface area (Å²) < 4.78 is 46.6. The van der Waals surface area contributed by atoms with Crippen molar-refractivity contribution in [3.05, 3.63) is 107 Å². The summed E-state index contributed by atoms with van der Waals surface area (Å²) in [4.78, 5) is 0. The highest BCUT2D eigenvalue weighted by atomic mass is 19.1. The van der Waals surface area contributed by atoms with Crippen LogP contribution in [0.5, 0.6) is 0 Å². The Bertz CT molecular complexity index is 735. The summed E-state index contributed by atoms with van der Waals surface area (Å²) in [5, 5.41) is 0. The summed E-state index contributed by atoms with van der Waals surface area (Å²) in [5.41, 5.74) is 6.36. The molecule has 0 saturated heterocycles. The van der Waals surface area contributed by atoms with E-state index in [4.69, 9.17) is 10.5 Å². The minimum Gasteiger partial charge on any atom is -0.360 e.